The monoisotopic (exact) mass is 245 g/mol. The van der Waals surface area contributed by atoms with Gasteiger partial charge in [-0.1, -0.05) is 0 Å². The van der Waals surface area contributed by atoms with Gasteiger partial charge < -0.3 is 16.0 Å². The van der Waals surface area contributed by atoms with Crippen molar-refractivity contribution in [2.45, 2.75) is 0 Å². The number of anilines is 1. The van der Waals surface area contributed by atoms with E-state index in [-0.39, 0.29) is 5.56 Å². The van der Waals surface area contributed by atoms with E-state index in [1.165, 1.54) is 18.5 Å². The summed E-state index contributed by atoms with van der Waals surface area (Å²) in [5.41, 5.74) is 5.57. The third-order valence-corrected chi connectivity index (χ3v) is 2.36. The van der Waals surface area contributed by atoms with E-state index in [0.717, 1.165) is 0 Å². The molecular formula is C11H11N5O2. The summed E-state index contributed by atoms with van der Waals surface area (Å²) in [4.78, 5) is 33.1. The minimum Gasteiger partial charge on any atom is -0.372 e. The fourth-order valence-corrected chi connectivity index (χ4v) is 1.44. The van der Waals surface area contributed by atoms with Gasteiger partial charge in [-0.25, -0.2) is 4.98 Å². The number of carbonyl (C=O) groups excluding carboxylic acids is 1. The summed E-state index contributed by atoms with van der Waals surface area (Å²) in [5.74, 6) is -0.199. The molecule has 0 unspecified atom stereocenters. The maximum absolute atomic E-state index is 11.4. The molecule has 1 amide bonds. The Morgan fingerprint density at radius 3 is 2.89 bits per heavy atom. The molecule has 92 valence electrons. The van der Waals surface area contributed by atoms with Crippen LogP contribution in [0.25, 0.3) is 11.3 Å². The number of nitrogens with two attached hydrogens (primary N) is 1. The van der Waals surface area contributed by atoms with E-state index in [1.54, 1.807) is 13.2 Å². The van der Waals surface area contributed by atoms with Gasteiger partial charge in [-0.3, -0.25) is 14.6 Å². The zero-order valence-corrected chi connectivity index (χ0v) is 9.60. The molecule has 0 aromatic carbocycles. The summed E-state index contributed by atoms with van der Waals surface area (Å²) in [5, 5.41) is 2.85. The molecule has 2 aromatic rings. The number of rotatable bonds is 3. The number of primary amides is 1. The molecule has 0 bridgehead atoms. The molecule has 0 aliphatic rings. The third kappa shape index (κ3) is 2.19. The molecule has 7 heteroatoms. The number of pyridine rings is 1. The van der Waals surface area contributed by atoms with Crippen molar-refractivity contribution in [3.05, 3.63) is 40.6 Å². The van der Waals surface area contributed by atoms with Crippen molar-refractivity contribution in [2.24, 2.45) is 5.73 Å². The minimum absolute atomic E-state index is 0.107. The number of aromatic amines is 1. The lowest BCUT2D eigenvalue weighted by atomic mass is 10.1. The zero-order valence-electron chi connectivity index (χ0n) is 9.60. The van der Waals surface area contributed by atoms with Crippen molar-refractivity contribution < 1.29 is 4.79 Å². The third-order valence-electron chi connectivity index (χ3n) is 2.36. The van der Waals surface area contributed by atoms with Gasteiger partial charge in [0.1, 0.15) is 11.4 Å². The van der Waals surface area contributed by atoms with Crippen LogP contribution >= 0.6 is 0 Å². The summed E-state index contributed by atoms with van der Waals surface area (Å²) in [7, 11) is 1.72. The molecule has 0 spiro atoms. The van der Waals surface area contributed by atoms with E-state index >= 15 is 0 Å². The topological polar surface area (TPSA) is 114 Å². The molecule has 0 saturated heterocycles. The average Bonchev–Trinajstić information content (AvgIpc) is 2.39. The highest BCUT2D eigenvalue weighted by atomic mass is 16.2. The van der Waals surface area contributed by atoms with Crippen molar-refractivity contribution in [1.29, 1.82) is 0 Å². The van der Waals surface area contributed by atoms with Gasteiger partial charge in [0.15, 0.2) is 0 Å². The van der Waals surface area contributed by atoms with Gasteiger partial charge in [-0.15, -0.1) is 0 Å². The molecule has 2 heterocycles. The lowest BCUT2D eigenvalue weighted by Crippen LogP contribution is -2.23. The van der Waals surface area contributed by atoms with Crippen LogP contribution in [0.4, 0.5) is 5.82 Å². The van der Waals surface area contributed by atoms with Crippen LogP contribution < -0.4 is 16.6 Å². The number of carbonyl (C=O) groups is 1. The highest BCUT2D eigenvalue weighted by Gasteiger charge is 2.09. The Labute approximate surface area is 102 Å². The SMILES string of the molecule is CNc1cncc(-c2c[nH]c(=O)c(C(N)=O)c2)n1. The Hall–Kier alpha value is -2.70. The van der Waals surface area contributed by atoms with Crippen LogP contribution in [0.3, 0.4) is 0 Å². The van der Waals surface area contributed by atoms with Crippen molar-refractivity contribution in [2.75, 3.05) is 12.4 Å². The smallest absolute Gasteiger partial charge is 0.260 e. The highest BCUT2D eigenvalue weighted by Crippen LogP contribution is 2.16. The number of nitrogens with one attached hydrogen (secondary N) is 2. The van der Waals surface area contributed by atoms with Crippen molar-refractivity contribution in [3.63, 3.8) is 0 Å². The van der Waals surface area contributed by atoms with Crippen LogP contribution in [0.15, 0.2) is 29.5 Å². The van der Waals surface area contributed by atoms with E-state index in [0.29, 0.717) is 17.1 Å². The first-order valence-corrected chi connectivity index (χ1v) is 5.14. The van der Waals surface area contributed by atoms with Crippen LogP contribution in [0.1, 0.15) is 10.4 Å². The van der Waals surface area contributed by atoms with E-state index < -0.39 is 11.5 Å². The summed E-state index contributed by atoms with van der Waals surface area (Å²) >= 11 is 0. The highest BCUT2D eigenvalue weighted by molar-refractivity contribution is 5.93. The van der Waals surface area contributed by atoms with Crippen LogP contribution in [0.2, 0.25) is 0 Å². The fraction of sp³-hybridized carbons (Fsp3) is 0.0909. The maximum atomic E-state index is 11.4. The Morgan fingerprint density at radius 1 is 1.44 bits per heavy atom. The van der Waals surface area contributed by atoms with E-state index in [1.807, 2.05) is 0 Å². The molecule has 18 heavy (non-hydrogen) atoms. The molecule has 0 atom stereocenters. The Balaban J connectivity index is 2.54. The molecule has 0 aliphatic heterocycles. The van der Waals surface area contributed by atoms with Gasteiger partial charge in [-0.05, 0) is 6.07 Å². The van der Waals surface area contributed by atoms with E-state index in [4.69, 9.17) is 5.73 Å². The molecule has 4 N–H and O–H groups in total. The van der Waals surface area contributed by atoms with Crippen LogP contribution in [0.5, 0.6) is 0 Å². The quantitative estimate of drug-likeness (QED) is 0.702. The number of hydrogen-bond donors (Lipinski definition) is 3. The molecule has 2 rings (SSSR count). The van der Waals surface area contributed by atoms with Crippen LogP contribution in [0, 0.1) is 0 Å². The molecule has 2 aromatic heterocycles. The van der Waals surface area contributed by atoms with Gasteiger partial charge in [0.05, 0.1) is 18.1 Å². The van der Waals surface area contributed by atoms with E-state index in [2.05, 4.69) is 20.3 Å². The normalized spacial score (nSPS) is 10.1. The van der Waals surface area contributed by atoms with Crippen LogP contribution in [-0.2, 0) is 0 Å². The maximum Gasteiger partial charge on any atom is 0.260 e. The molecule has 0 saturated carbocycles. The number of H-pyrrole nitrogens is 1. The summed E-state index contributed by atoms with van der Waals surface area (Å²) < 4.78 is 0. The first kappa shape index (κ1) is 11.8. The standard InChI is InChI=1S/C11H11N5O2/c1-13-9-5-14-4-8(16-9)6-2-7(10(12)17)11(18)15-3-6/h2-5H,1H3,(H2,12,17)(H,13,16)(H,15,18). The van der Waals surface area contributed by atoms with Gasteiger partial charge in [0.25, 0.3) is 11.5 Å². The fourth-order valence-electron chi connectivity index (χ4n) is 1.44. The summed E-state index contributed by atoms with van der Waals surface area (Å²) in [6, 6.07) is 1.39. The molecule has 7 nitrogen and oxygen atoms in total. The molecule has 0 radical (unpaired) electrons. The number of aromatic nitrogens is 3. The Bertz CT molecular complexity index is 650. The zero-order chi connectivity index (χ0) is 13.1. The van der Waals surface area contributed by atoms with Crippen molar-refractivity contribution in [3.8, 4) is 11.3 Å². The average molecular weight is 245 g/mol. The first-order valence-electron chi connectivity index (χ1n) is 5.14. The minimum atomic E-state index is -0.782. The van der Waals surface area contributed by atoms with Crippen molar-refractivity contribution in [1.82, 2.24) is 15.0 Å². The number of nitrogens with zero attached hydrogens (tertiary/aromatic N) is 2. The molecule has 0 aliphatic carbocycles. The summed E-state index contributed by atoms with van der Waals surface area (Å²) in [6.07, 6.45) is 4.54. The second kappa shape index (κ2) is 4.66. The second-order valence-corrected chi connectivity index (χ2v) is 3.53. The predicted molar refractivity (Wildman–Crippen MR) is 66.2 cm³/mol. The predicted octanol–water partition coefficient (Wildman–Crippen LogP) is -0.0275. The number of amides is 1. The Kier molecular flexibility index (Phi) is 3.05. The van der Waals surface area contributed by atoms with Gasteiger partial charge in [0, 0.05) is 18.8 Å². The summed E-state index contributed by atoms with van der Waals surface area (Å²) in [6.45, 7) is 0. The number of hydrogen-bond acceptors (Lipinski definition) is 5. The lowest BCUT2D eigenvalue weighted by Gasteiger charge is -2.04. The lowest BCUT2D eigenvalue weighted by molar-refractivity contribution is 0.0999. The van der Waals surface area contributed by atoms with E-state index in [9.17, 15) is 9.59 Å². The first-order chi connectivity index (χ1) is 8.61. The second-order valence-electron chi connectivity index (χ2n) is 3.53. The van der Waals surface area contributed by atoms with Crippen LogP contribution in [-0.4, -0.2) is 27.9 Å². The Morgan fingerprint density at radius 2 is 2.22 bits per heavy atom. The van der Waals surface area contributed by atoms with Gasteiger partial charge in [-0.2, -0.15) is 0 Å². The molecular weight excluding hydrogens is 234 g/mol. The largest absolute Gasteiger partial charge is 0.372 e. The van der Waals surface area contributed by atoms with Gasteiger partial charge in [0.2, 0.25) is 0 Å². The molecule has 0 fully saturated rings. The van der Waals surface area contributed by atoms with Gasteiger partial charge >= 0.3 is 0 Å². The van der Waals surface area contributed by atoms with Crippen molar-refractivity contribution >= 4 is 11.7 Å².